The van der Waals surface area contributed by atoms with E-state index >= 15 is 0 Å². The Kier molecular flexibility index (Phi) is 8.12. The fourth-order valence-corrected chi connectivity index (χ4v) is 3.92. The number of ether oxygens (including phenoxy) is 2. The van der Waals surface area contributed by atoms with Crippen LogP contribution in [0.25, 0.3) is 17.0 Å². The summed E-state index contributed by atoms with van der Waals surface area (Å²) in [4.78, 5) is 37.4. The van der Waals surface area contributed by atoms with Crippen LogP contribution in [-0.4, -0.2) is 11.9 Å². The molecule has 1 heterocycles. The lowest BCUT2D eigenvalue weighted by Crippen LogP contribution is -2.27. The van der Waals surface area contributed by atoms with E-state index < -0.39 is 17.5 Å². The zero-order valence-corrected chi connectivity index (χ0v) is 21.4. The van der Waals surface area contributed by atoms with Gasteiger partial charge in [0, 0.05) is 24.1 Å². The van der Waals surface area contributed by atoms with Crippen LogP contribution in [0.15, 0.2) is 124 Å². The van der Waals surface area contributed by atoms with E-state index in [-0.39, 0.29) is 23.4 Å². The van der Waals surface area contributed by atoms with Crippen LogP contribution in [-0.2, 0) is 17.9 Å². The molecule has 198 valence electrons. The minimum absolute atomic E-state index is 0.104. The number of esters is 1. The molecule has 4 aromatic carbocycles. The molecule has 0 aliphatic rings. The predicted octanol–water partition coefficient (Wildman–Crippen LogP) is 5.92. The van der Waals surface area contributed by atoms with E-state index in [4.69, 9.17) is 13.9 Å². The topological polar surface area (TPSA) is 94.8 Å². The number of hydrogen-bond donors (Lipinski definition) is 1. The maximum Gasteiger partial charge on any atom is 0.349 e. The summed E-state index contributed by atoms with van der Waals surface area (Å²) in [5.74, 6) is -0.201. The van der Waals surface area contributed by atoms with Gasteiger partial charge in [-0.1, -0.05) is 72.8 Å². The summed E-state index contributed by atoms with van der Waals surface area (Å²) in [7, 11) is 0. The second kappa shape index (κ2) is 12.4. The Morgan fingerprint density at radius 1 is 0.775 bits per heavy atom. The summed E-state index contributed by atoms with van der Waals surface area (Å²) >= 11 is 0. The molecule has 0 saturated carbocycles. The van der Waals surface area contributed by atoms with E-state index in [9.17, 15) is 14.4 Å². The molecule has 1 N–H and O–H groups in total. The molecule has 0 aliphatic heterocycles. The van der Waals surface area contributed by atoms with Crippen LogP contribution in [0.1, 0.15) is 27.0 Å². The van der Waals surface area contributed by atoms with Crippen molar-refractivity contribution < 1.29 is 23.5 Å². The van der Waals surface area contributed by atoms with E-state index in [0.29, 0.717) is 12.0 Å². The predicted molar refractivity (Wildman–Crippen MR) is 152 cm³/mol. The number of carbonyl (C=O) groups excluding carboxylic acids is 2. The van der Waals surface area contributed by atoms with Crippen molar-refractivity contribution in [2.24, 2.45) is 0 Å². The van der Waals surface area contributed by atoms with E-state index in [1.165, 1.54) is 18.2 Å². The van der Waals surface area contributed by atoms with Crippen LogP contribution < -0.4 is 20.4 Å². The molecule has 1 amide bonds. The summed E-state index contributed by atoms with van der Waals surface area (Å²) < 4.78 is 16.5. The van der Waals surface area contributed by atoms with Crippen LogP contribution in [0, 0.1) is 0 Å². The van der Waals surface area contributed by atoms with Gasteiger partial charge in [0.2, 0.25) is 0 Å². The molecule has 1 aromatic heterocycles. The Hall–Kier alpha value is -5.43. The zero-order chi connectivity index (χ0) is 27.7. The molecule has 0 unspecified atom stereocenters. The van der Waals surface area contributed by atoms with E-state index in [2.05, 4.69) is 5.32 Å². The van der Waals surface area contributed by atoms with Crippen LogP contribution in [0.5, 0.6) is 11.5 Å². The Balaban J connectivity index is 1.18. The number of carbonyl (C=O) groups is 2. The van der Waals surface area contributed by atoms with Crippen LogP contribution in [0.4, 0.5) is 0 Å². The highest BCUT2D eigenvalue weighted by molar-refractivity contribution is 5.97. The molecular weight excluding hydrogens is 506 g/mol. The summed E-state index contributed by atoms with van der Waals surface area (Å²) in [6, 6.07) is 32.7. The first-order chi connectivity index (χ1) is 19.5. The second-order valence-electron chi connectivity index (χ2n) is 8.91. The van der Waals surface area contributed by atoms with Gasteiger partial charge in [0.25, 0.3) is 5.91 Å². The van der Waals surface area contributed by atoms with Crippen molar-refractivity contribution in [3.63, 3.8) is 0 Å². The van der Waals surface area contributed by atoms with Gasteiger partial charge < -0.3 is 19.2 Å². The number of fused-ring (bicyclic) bond motifs is 1. The lowest BCUT2D eigenvalue weighted by Gasteiger charge is -2.07. The Bertz CT molecular complexity index is 1710. The number of amides is 1. The van der Waals surface area contributed by atoms with E-state index in [0.717, 1.165) is 22.4 Å². The highest BCUT2D eigenvalue weighted by Gasteiger charge is 2.14. The number of hydrogen-bond acceptors (Lipinski definition) is 6. The van der Waals surface area contributed by atoms with Gasteiger partial charge >= 0.3 is 11.6 Å². The van der Waals surface area contributed by atoms with Gasteiger partial charge in [-0.05, 0) is 53.1 Å². The smallest absolute Gasteiger partial charge is 0.349 e. The van der Waals surface area contributed by atoms with Gasteiger partial charge in [-0.25, -0.2) is 9.59 Å². The minimum atomic E-state index is -0.780. The third kappa shape index (κ3) is 6.90. The third-order valence-corrected chi connectivity index (χ3v) is 6.01. The fraction of sp³-hybridized carbons (Fsp3) is 0.0606. The second-order valence-corrected chi connectivity index (χ2v) is 8.91. The number of nitrogens with one attached hydrogen (secondary N) is 1. The molecular formula is C33H25NO6. The SMILES string of the molecule is O=C(/C=C/c1ccc(OCc2ccccc2)cc1)Oc1ccc2cc(C(=O)NCc3ccccc3)c(=O)oc2c1. The van der Waals surface area contributed by atoms with Crippen LogP contribution >= 0.6 is 0 Å². The largest absolute Gasteiger partial charge is 0.489 e. The molecule has 5 aromatic rings. The molecule has 0 spiro atoms. The first-order valence-electron chi connectivity index (χ1n) is 12.6. The van der Waals surface area contributed by atoms with Crippen molar-refractivity contribution >= 4 is 28.9 Å². The van der Waals surface area contributed by atoms with Crippen molar-refractivity contribution in [3.05, 3.63) is 148 Å². The maximum atomic E-state index is 12.5. The first kappa shape index (κ1) is 26.2. The monoisotopic (exact) mass is 531 g/mol. The normalized spacial score (nSPS) is 10.9. The Morgan fingerprint density at radius 3 is 2.17 bits per heavy atom. The molecule has 0 bridgehead atoms. The van der Waals surface area contributed by atoms with Crippen LogP contribution in [0.2, 0.25) is 0 Å². The highest BCUT2D eigenvalue weighted by Crippen LogP contribution is 2.21. The van der Waals surface area contributed by atoms with Crippen LogP contribution in [0.3, 0.4) is 0 Å². The summed E-state index contributed by atoms with van der Waals surface area (Å²) in [5, 5.41) is 3.24. The van der Waals surface area contributed by atoms with Crippen molar-refractivity contribution in [1.29, 1.82) is 0 Å². The van der Waals surface area contributed by atoms with Gasteiger partial charge in [0.15, 0.2) is 0 Å². The number of rotatable bonds is 9. The third-order valence-electron chi connectivity index (χ3n) is 6.01. The van der Waals surface area contributed by atoms with E-state index in [1.807, 2.05) is 84.9 Å². The van der Waals surface area contributed by atoms with Crippen molar-refractivity contribution in [2.45, 2.75) is 13.2 Å². The van der Waals surface area contributed by atoms with E-state index in [1.54, 1.807) is 18.2 Å². The summed E-state index contributed by atoms with van der Waals surface area (Å²) in [6.07, 6.45) is 2.94. The zero-order valence-electron chi connectivity index (χ0n) is 21.4. The quantitative estimate of drug-likeness (QED) is 0.110. The van der Waals surface area contributed by atoms with Gasteiger partial charge in [-0.3, -0.25) is 4.79 Å². The average molecular weight is 532 g/mol. The first-order valence-corrected chi connectivity index (χ1v) is 12.6. The fourth-order valence-electron chi connectivity index (χ4n) is 3.92. The molecule has 5 rings (SSSR count). The molecule has 0 radical (unpaired) electrons. The molecule has 7 nitrogen and oxygen atoms in total. The average Bonchev–Trinajstić information content (AvgIpc) is 2.99. The van der Waals surface area contributed by atoms with Gasteiger partial charge in [-0.2, -0.15) is 0 Å². The molecule has 0 fully saturated rings. The van der Waals surface area contributed by atoms with Crippen molar-refractivity contribution in [1.82, 2.24) is 5.32 Å². The van der Waals surface area contributed by atoms with Gasteiger partial charge in [0.1, 0.15) is 29.3 Å². The molecule has 40 heavy (non-hydrogen) atoms. The minimum Gasteiger partial charge on any atom is -0.489 e. The van der Waals surface area contributed by atoms with Gasteiger partial charge in [0.05, 0.1) is 0 Å². The molecule has 0 saturated heterocycles. The molecule has 0 atom stereocenters. The maximum absolute atomic E-state index is 12.5. The number of benzene rings is 4. The molecule has 0 aliphatic carbocycles. The Labute approximate surface area is 230 Å². The standard InChI is InChI=1S/C33H25NO6/c35-31(18-13-23-11-15-27(16-12-23)38-22-25-9-5-2-6-10-25)39-28-17-14-26-19-29(33(37)40-30(26)20-28)32(36)34-21-24-7-3-1-4-8-24/h1-20H,21-22H2,(H,34,36)/b18-13+. The van der Waals surface area contributed by atoms with Crippen molar-refractivity contribution in [3.8, 4) is 11.5 Å². The lowest BCUT2D eigenvalue weighted by molar-refractivity contribution is -0.128. The highest BCUT2D eigenvalue weighted by atomic mass is 16.5. The summed E-state index contributed by atoms with van der Waals surface area (Å²) in [6.45, 7) is 0.753. The lowest BCUT2D eigenvalue weighted by atomic mass is 10.1. The van der Waals surface area contributed by atoms with Crippen molar-refractivity contribution in [2.75, 3.05) is 0 Å². The van der Waals surface area contributed by atoms with Gasteiger partial charge in [-0.15, -0.1) is 0 Å². The Morgan fingerprint density at radius 2 is 1.45 bits per heavy atom. The summed E-state index contributed by atoms with van der Waals surface area (Å²) in [5.41, 5.74) is 2.10. The molecule has 7 heteroatoms.